The summed E-state index contributed by atoms with van der Waals surface area (Å²) in [6, 6.07) is 14.2. The fraction of sp³-hybridized carbons (Fsp3) is 0.235. The van der Waals surface area contributed by atoms with Gasteiger partial charge in [-0.25, -0.2) is 0 Å². The molecule has 0 radical (unpaired) electrons. The summed E-state index contributed by atoms with van der Waals surface area (Å²) >= 11 is 1.87. The van der Waals surface area contributed by atoms with Crippen molar-refractivity contribution in [2.45, 2.75) is 17.7 Å². The van der Waals surface area contributed by atoms with Gasteiger partial charge in [-0.05, 0) is 30.7 Å². The maximum absolute atomic E-state index is 11.1. The highest BCUT2D eigenvalue weighted by Gasteiger charge is 2.23. The molecule has 1 heterocycles. The zero-order valence-electron chi connectivity index (χ0n) is 11.3. The van der Waals surface area contributed by atoms with E-state index in [1.807, 2.05) is 36.9 Å². The van der Waals surface area contributed by atoms with Crippen LogP contribution in [-0.2, 0) is 0 Å². The van der Waals surface area contributed by atoms with Gasteiger partial charge in [-0.3, -0.25) is 4.79 Å². The van der Waals surface area contributed by atoms with Crippen LogP contribution in [0.2, 0.25) is 0 Å². The van der Waals surface area contributed by atoms with Crippen molar-refractivity contribution >= 4 is 18.0 Å². The molecule has 1 atom stereocenters. The Morgan fingerprint density at radius 1 is 1.30 bits per heavy atom. The summed E-state index contributed by atoms with van der Waals surface area (Å²) in [7, 11) is 0. The van der Waals surface area contributed by atoms with Gasteiger partial charge in [0.25, 0.3) is 0 Å². The summed E-state index contributed by atoms with van der Waals surface area (Å²) in [5, 5.41) is 0. The minimum Gasteiger partial charge on any atom is -0.492 e. The molecule has 102 valence electrons. The van der Waals surface area contributed by atoms with E-state index in [1.54, 1.807) is 0 Å². The molecule has 2 aromatic carbocycles. The lowest BCUT2D eigenvalue weighted by Crippen LogP contribution is -2.10. The number of thioether (sulfide) groups is 1. The first-order valence-corrected chi connectivity index (χ1v) is 7.67. The number of aryl methyl sites for hydroxylation is 1. The van der Waals surface area contributed by atoms with Crippen LogP contribution in [0.25, 0.3) is 0 Å². The van der Waals surface area contributed by atoms with Gasteiger partial charge in [0.1, 0.15) is 5.75 Å². The Balaban J connectivity index is 1.74. The third-order valence-corrected chi connectivity index (χ3v) is 4.78. The van der Waals surface area contributed by atoms with Gasteiger partial charge in [-0.1, -0.05) is 29.8 Å². The highest BCUT2D eigenvalue weighted by atomic mass is 32.2. The quantitative estimate of drug-likeness (QED) is 0.791. The van der Waals surface area contributed by atoms with Crippen molar-refractivity contribution in [2.24, 2.45) is 0 Å². The fourth-order valence-corrected chi connectivity index (χ4v) is 3.68. The van der Waals surface area contributed by atoms with Gasteiger partial charge >= 0.3 is 0 Å². The number of aldehydes is 1. The molecule has 0 fully saturated rings. The molecule has 2 nitrogen and oxygen atoms in total. The molecule has 0 aliphatic carbocycles. The van der Waals surface area contributed by atoms with Crippen LogP contribution in [0.15, 0.2) is 47.4 Å². The Labute approximate surface area is 123 Å². The second-order valence-electron chi connectivity index (χ2n) is 5.02. The van der Waals surface area contributed by atoms with Crippen molar-refractivity contribution in [3.63, 3.8) is 0 Å². The van der Waals surface area contributed by atoms with Gasteiger partial charge in [0.05, 0.1) is 12.2 Å². The molecular weight excluding hydrogens is 268 g/mol. The van der Waals surface area contributed by atoms with Crippen LogP contribution >= 0.6 is 11.8 Å². The van der Waals surface area contributed by atoms with Crippen LogP contribution in [0.5, 0.6) is 5.75 Å². The summed E-state index contributed by atoms with van der Waals surface area (Å²) in [4.78, 5) is 12.4. The van der Waals surface area contributed by atoms with Crippen LogP contribution in [0.1, 0.15) is 27.4 Å². The average Bonchev–Trinajstić information content (AvgIpc) is 2.89. The van der Waals surface area contributed by atoms with Gasteiger partial charge in [0.2, 0.25) is 0 Å². The third kappa shape index (κ3) is 2.59. The van der Waals surface area contributed by atoms with Gasteiger partial charge < -0.3 is 4.74 Å². The molecule has 3 rings (SSSR count). The van der Waals surface area contributed by atoms with Crippen LogP contribution in [0.3, 0.4) is 0 Å². The lowest BCUT2D eigenvalue weighted by atomic mass is 10.0. The molecule has 0 bridgehead atoms. The van der Waals surface area contributed by atoms with Crippen molar-refractivity contribution in [3.8, 4) is 5.75 Å². The van der Waals surface area contributed by atoms with Crippen LogP contribution in [-0.4, -0.2) is 18.6 Å². The molecule has 3 heteroatoms. The molecule has 0 spiro atoms. The van der Waals surface area contributed by atoms with Gasteiger partial charge in [-0.15, -0.1) is 11.8 Å². The number of hydrogen-bond donors (Lipinski definition) is 0. The van der Waals surface area contributed by atoms with E-state index in [0.717, 1.165) is 17.6 Å². The summed E-state index contributed by atoms with van der Waals surface area (Å²) in [5.41, 5.74) is 3.06. The van der Waals surface area contributed by atoms with Gasteiger partial charge in [0, 0.05) is 16.6 Å². The normalized spacial score (nSPS) is 16.8. The predicted octanol–water partition coefficient (Wildman–Crippen LogP) is 4.08. The number of benzene rings is 2. The summed E-state index contributed by atoms with van der Waals surface area (Å²) in [6.07, 6.45) is 0.861. The first-order valence-electron chi connectivity index (χ1n) is 6.68. The van der Waals surface area contributed by atoms with E-state index in [4.69, 9.17) is 4.74 Å². The Hall–Kier alpha value is -1.74. The minimum atomic E-state index is 0.400. The van der Waals surface area contributed by atoms with E-state index in [2.05, 4.69) is 24.3 Å². The van der Waals surface area contributed by atoms with Crippen molar-refractivity contribution < 1.29 is 9.53 Å². The minimum absolute atomic E-state index is 0.400. The summed E-state index contributed by atoms with van der Waals surface area (Å²) in [6.45, 7) is 2.59. The number of carbonyl (C=O) groups is 1. The summed E-state index contributed by atoms with van der Waals surface area (Å²) < 4.78 is 5.88. The van der Waals surface area contributed by atoms with Crippen molar-refractivity contribution in [2.75, 3.05) is 12.4 Å². The second kappa shape index (κ2) is 5.71. The lowest BCUT2D eigenvalue weighted by Gasteiger charge is -2.14. The van der Waals surface area contributed by atoms with E-state index < -0.39 is 0 Å². The SMILES string of the molecule is Cc1ccc(OCC2CSc3ccccc32)c(C=O)c1. The van der Waals surface area contributed by atoms with Crippen molar-refractivity contribution in [1.82, 2.24) is 0 Å². The van der Waals surface area contributed by atoms with E-state index in [-0.39, 0.29) is 0 Å². The molecule has 0 saturated carbocycles. The number of rotatable bonds is 4. The first-order chi connectivity index (χ1) is 9.78. The van der Waals surface area contributed by atoms with E-state index in [9.17, 15) is 4.79 Å². The second-order valence-corrected chi connectivity index (χ2v) is 6.08. The number of carbonyl (C=O) groups excluding carboxylic acids is 1. The number of ether oxygens (including phenoxy) is 1. The number of hydrogen-bond acceptors (Lipinski definition) is 3. The smallest absolute Gasteiger partial charge is 0.153 e. The zero-order valence-corrected chi connectivity index (χ0v) is 12.2. The van der Waals surface area contributed by atoms with E-state index in [0.29, 0.717) is 23.8 Å². The van der Waals surface area contributed by atoms with Crippen LogP contribution < -0.4 is 4.74 Å². The lowest BCUT2D eigenvalue weighted by molar-refractivity contribution is 0.111. The van der Waals surface area contributed by atoms with Crippen LogP contribution in [0, 0.1) is 6.92 Å². The van der Waals surface area contributed by atoms with Gasteiger partial charge in [0.15, 0.2) is 6.29 Å². The highest BCUT2D eigenvalue weighted by molar-refractivity contribution is 7.99. The Morgan fingerprint density at radius 3 is 3.00 bits per heavy atom. The molecule has 20 heavy (non-hydrogen) atoms. The molecule has 2 aromatic rings. The first kappa shape index (κ1) is 13.3. The molecule has 0 saturated heterocycles. The van der Waals surface area contributed by atoms with Crippen LogP contribution in [0.4, 0.5) is 0 Å². The molecule has 0 aromatic heterocycles. The maximum atomic E-state index is 11.1. The summed E-state index contributed by atoms with van der Waals surface area (Å²) in [5.74, 6) is 2.12. The monoisotopic (exact) mass is 284 g/mol. The Kier molecular flexibility index (Phi) is 3.79. The maximum Gasteiger partial charge on any atom is 0.153 e. The predicted molar refractivity (Wildman–Crippen MR) is 82.0 cm³/mol. The molecule has 1 aliphatic heterocycles. The molecule has 1 unspecified atom stereocenters. The third-order valence-electron chi connectivity index (χ3n) is 3.53. The van der Waals surface area contributed by atoms with Gasteiger partial charge in [-0.2, -0.15) is 0 Å². The fourth-order valence-electron chi connectivity index (χ4n) is 2.45. The zero-order chi connectivity index (χ0) is 13.9. The van der Waals surface area contributed by atoms with E-state index >= 15 is 0 Å². The average molecular weight is 284 g/mol. The Morgan fingerprint density at radius 2 is 2.15 bits per heavy atom. The van der Waals surface area contributed by atoms with Crippen molar-refractivity contribution in [1.29, 1.82) is 0 Å². The molecule has 0 amide bonds. The topological polar surface area (TPSA) is 26.3 Å². The molecule has 1 aliphatic rings. The standard InChI is InChI=1S/C17H16O2S/c1-12-6-7-16(13(8-12)9-18)19-10-14-11-20-17-5-3-2-4-15(14)17/h2-9,14H,10-11H2,1H3. The van der Waals surface area contributed by atoms with E-state index in [1.165, 1.54) is 10.5 Å². The molecule has 0 N–H and O–H groups in total. The number of fused-ring (bicyclic) bond motifs is 1. The molecular formula is C17H16O2S. The largest absolute Gasteiger partial charge is 0.492 e. The highest BCUT2D eigenvalue weighted by Crippen LogP contribution is 2.39. The Bertz CT molecular complexity index is 637. The van der Waals surface area contributed by atoms with Crippen molar-refractivity contribution in [3.05, 3.63) is 59.2 Å².